The number of hydrogen-bond donors (Lipinski definition) is 3. The van der Waals surface area contributed by atoms with Crippen molar-refractivity contribution in [1.29, 1.82) is 0 Å². The summed E-state index contributed by atoms with van der Waals surface area (Å²) in [5, 5.41) is 32.7. The molecule has 3 atom stereocenters. The minimum atomic E-state index is -1.72. The molecule has 0 spiro atoms. The molecule has 1 aromatic rings. The van der Waals surface area contributed by atoms with Gasteiger partial charge in [-0.25, -0.2) is 4.79 Å². The molecule has 0 aliphatic carbocycles. The summed E-state index contributed by atoms with van der Waals surface area (Å²) in [7, 11) is 0. The van der Waals surface area contributed by atoms with Crippen molar-refractivity contribution in [2.45, 2.75) is 25.3 Å². The number of allylic oxidation sites excluding steroid dienone is 2. The highest BCUT2D eigenvalue weighted by Crippen LogP contribution is 2.39. The lowest BCUT2D eigenvalue weighted by molar-refractivity contribution is -0.384. The Morgan fingerprint density at radius 3 is 2.52 bits per heavy atom. The third-order valence-corrected chi connectivity index (χ3v) is 4.04. The van der Waals surface area contributed by atoms with Crippen LogP contribution in [0.15, 0.2) is 36.0 Å². The fourth-order valence-electron chi connectivity index (χ4n) is 2.98. The van der Waals surface area contributed by atoms with Gasteiger partial charge in [-0.15, -0.1) is 0 Å². The van der Waals surface area contributed by atoms with Gasteiger partial charge in [0, 0.05) is 23.7 Å². The van der Waals surface area contributed by atoms with Crippen molar-refractivity contribution >= 4 is 17.6 Å². The SMILES string of the molecule is CC1=CC(c2cccc([N+](=O)[O-])c2)C(C(=O)O)C(C)(C(=O)O)N1. The van der Waals surface area contributed by atoms with E-state index in [4.69, 9.17) is 0 Å². The molecule has 8 nitrogen and oxygen atoms in total. The highest BCUT2D eigenvalue weighted by molar-refractivity contribution is 5.88. The molecule has 3 unspecified atom stereocenters. The van der Waals surface area contributed by atoms with E-state index >= 15 is 0 Å². The maximum atomic E-state index is 11.7. The monoisotopic (exact) mass is 320 g/mol. The number of benzene rings is 1. The Morgan fingerprint density at radius 1 is 1.35 bits per heavy atom. The van der Waals surface area contributed by atoms with Crippen LogP contribution >= 0.6 is 0 Å². The van der Waals surface area contributed by atoms with Gasteiger partial charge in [-0.2, -0.15) is 0 Å². The molecular weight excluding hydrogens is 304 g/mol. The van der Waals surface area contributed by atoms with Crippen molar-refractivity contribution < 1.29 is 24.7 Å². The lowest BCUT2D eigenvalue weighted by atomic mass is 9.71. The van der Waals surface area contributed by atoms with Crippen LogP contribution in [-0.2, 0) is 9.59 Å². The highest BCUT2D eigenvalue weighted by atomic mass is 16.6. The second kappa shape index (κ2) is 5.71. The summed E-state index contributed by atoms with van der Waals surface area (Å²) < 4.78 is 0. The second-order valence-electron chi connectivity index (χ2n) is 5.68. The molecule has 2 rings (SSSR count). The first-order chi connectivity index (χ1) is 10.7. The van der Waals surface area contributed by atoms with Crippen LogP contribution in [0.1, 0.15) is 25.3 Å². The van der Waals surface area contributed by atoms with E-state index in [1.807, 2.05) is 0 Å². The molecule has 0 fully saturated rings. The van der Waals surface area contributed by atoms with Crippen LogP contribution in [0, 0.1) is 16.0 Å². The van der Waals surface area contributed by atoms with Crippen LogP contribution in [0.4, 0.5) is 5.69 Å². The third-order valence-electron chi connectivity index (χ3n) is 4.04. The Kier molecular flexibility index (Phi) is 4.09. The van der Waals surface area contributed by atoms with Crippen LogP contribution < -0.4 is 5.32 Å². The lowest BCUT2D eigenvalue weighted by Crippen LogP contribution is -2.60. The quantitative estimate of drug-likeness (QED) is 0.569. The average Bonchev–Trinajstić information content (AvgIpc) is 2.45. The normalized spacial score (nSPS) is 26.8. The Balaban J connectivity index is 2.60. The summed E-state index contributed by atoms with van der Waals surface area (Å²) >= 11 is 0. The Labute approximate surface area is 131 Å². The zero-order valence-electron chi connectivity index (χ0n) is 12.5. The van der Waals surface area contributed by atoms with Crippen molar-refractivity contribution in [1.82, 2.24) is 5.32 Å². The first-order valence-electron chi connectivity index (χ1n) is 6.84. The van der Waals surface area contributed by atoms with E-state index < -0.39 is 34.2 Å². The number of nitrogens with one attached hydrogen (secondary N) is 1. The summed E-state index contributed by atoms with van der Waals surface area (Å²) in [5.74, 6) is -4.70. The topological polar surface area (TPSA) is 130 Å². The molecule has 0 aromatic heterocycles. The molecule has 1 heterocycles. The number of rotatable bonds is 4. The van der Waals surface area contributed by atoms with Crippen LogP contribution in [0.2, 0.25) is 0 Å². The fourth-order valence-corrected chi connectivity index (χ4v) is 2.98. The summed E-state index contributed by atoms with van der Waals surface area (Å²) in [5.41, 5.74) is -1.00. The molecular formula is C15H16N2O6. The van der Waals surface area contributed by atoms with E-state index in [-0.39, 0.29) is 5.69 Å². The minimum absolute atomic E-state index is 0.173. The van der Waals surface area contributed by atoms with Crippen molar-refractivity contribution in [2.75, 3.05) is 0 Å². The van der Waals surface area contributed by atoms with Crippen LogP contribution in [0.25, 0.3) is 0 Å². The molecule has 1 aromatic carbocycles. The summed E-state index contributed by atoms with van der Waals surface area (Å²) in [6, 6.07) is 5.59. The smallest absolute Gasteiger partial charge is 0.329 e. The van der Waals surface area contributed by atoms with Gasteiger partial charge in [-0.3, -0.25) is 14.9 Å². The third kappa shape index (κ3) is 2.87. The standard InChI is InChI=1S/C15H16N2O6/c1-8-6-11(9-4-3-5-10(7-9)17(22)23)12(13(18)19)15(2,16-8)14(20)21/h3-7,11-12,16H,1-2H3,(H,18,19)(H,20,21). The molecule has 0 saturated heterocycles. The Bertz CT molecular complexity index is 714. The first kappa shape index (κ1) is 16.5. The molecule has 0 radical (unpaired) electrons. The number of nitrogens with zero attached hydrogens (tertiary/aromatic N) is 1. The van der Waals surface area contributed by atoms with Crippen molar-refractivity contribution in [3.63, 3.8) is 0 Å². The van der Waals surface area contributed by atoms with Gasteiger partial charge in [0.25, 0.3) is 5.69 Å². The fraction of sp³-hybridized carbons (Fsp3) is 0.333. The minimum Gasteiger partial charge on any atom is -0.481 e. The van der Waals surface area contributed by atoms with Gasteiger partial charge < -0.3 is 15.5 Å². The van der Waals surface area contributed by atoms with Gasteiger partial charge in [0.1, 0.15) is 11.5 Å². The molecule has 3 N–H and O–H groups in total. The molecule has 1 aliphatic rings. The van der Waals surface area contributed by atoms with Crippen molar-refractivity contribution in [2.24, 2.45) is 5.92 Å². The van der Waals surface area contributed by atoms with Crippen LogP contribution in [0.5, 0.6) is 0 Å². The molecule has 23 heavy (non-hydrogen) atoms. The maximum Gasteiger partial charge on any atom is 0.329 e. The number of nitro groups is 1. The molecule has 0 bridgehead atoms. The van der Waals surface area contributed by atoms with E-state index in [1.54, 1.807) is 19.1 Å². The molecule has 8 heteroatoms. The van der Waals surface area contributed by atoms with Gasteiger partial charge in [-0.05, 0) is 19.4 Å². The lowest BCUT2D eigenvalue weighted by Gasteiger charge is -2.41. The number of hydrogen-bond acceptors (Lipinski definition) is 5. The van der Waals surface area contributed by atoms with Crippen molar-refractivity contribution in [3.8, 4) is 0 Å². The highest BCUT2D eigenvalue weighted by Gasteiger charge is 2.52. The number of nitro benzene ring substituents is 1. The second-order valence-corrected chi connectivity index (χ2v) is 5.68. The maximum absolute atomic E-state index is 11.7. The van der Waals surface area contributed by atoms with Crippen molar-refractivity contribution in [3.05, 3.63) is 51.7 Å². The first-order valence-corrected chi connectivity index (χ1v) is 6.84. The van der Waals surface area contributed by atoms with E-state index in [1.165, 1.54) is 25.1 Å². The van der Waals surface area contributed by atoms with Gasteiger partial charge >= 0.3 is 11.9 Å². The zero-order valence-corrected chi connectivity index (χ0v) is 12.5. The summed E-state index contributed by atoms with van der Waals surface area (Å²) in [4.78, 5) is 33.7. The molecule has 0 saturated carbocycles. The molecule has 0 amide bonds. The van der Waals surface area contributed by atoms with Gasteiger partial charge in [0.15, 0.2) is 0 Å². The van der Waals surface area contributed by atoms with Crippen LogP contribution in [0.3, 0.4) is 0 Å². The average molecular weight is 320 g/mol. The number of carboxylic acid groups (broad SMARTS) is 2. The van der Waals surface area contributed by atoms with E-state index in [9.17, 15) is 29.9 Å². The van der Waals surface area contributed by atoms with Gasteiger partial charge in [-0.1, -0.05) is 18.2 Å². The number of carbonyl (C=O) groups is 2. The summed E-state index contributed by atoms with van der Waals surface area (Å²) in [6.07, 6.45) is 1.59. The Hall–Kier alpha value is -2.90. The van der Waals surface area contributed by atoms with Gasteiger partial charge in [0.05, 0.1) is 4.92 Å². The van der Waals surface area contributed by atoms with E-state index in [2.05, 4.69) is 5.32 Å². The molecule has 122 valence electrons. The Morgan fingerprint density at radius 2 is 2.00 bits per heavy atom. The molecule has 1 aliphatic heterocycles. The predicted octanol–water partition coefficient (Wildman–Crippen LogP) is 1.73. The van der Waals surface area contributed by atoms with E-state index in [0.717, 1.165) is 0 Å². The summed E-state index contributed by atoms with van der Waals surface area (Å²) in [6.45, 7) is 2.93. The zero-order chi connectivity index (χ0) is 17.4. The predicted molar refractivity (Wildman–Crippen MR) is 79.9 cm³/mol. The number of carboxylic acids is 2. The largest absolute Gasteiger partial charge is 0.481 e. The van der Waals surface area contributed by atoms with Crippen LogP contribution in [-0.4, -0.2) is 32.6 Å². The number of aliphatic carboxylic acids is 2. The number of non-ortho nitro benzene ring substituents is 1. The van der Waals surface area contributed by atoms with Gasteiger partial charge in [0.2, 0.25) is 0 Å². The van der Waals surface area contributed by atoms with E-state index in [0.29, 0.717) is 11.3 Å².